The Morgan fingerprint density at radius 1 is 1.20 bits per heavy atom. The molecule has 0 saturated heterocycles. The first-order valence-corrected chi connectivity index (χ1v) is 6.35. The minimum atomic E-state index is 0.323. The maximum atomic E-state index is 8.75. The summed E-state index contributed by atoms with van der Waals surface area (Å²) in [6.45, 7) is 0.708. The van der Waals surface area contributed by atoms with Crippen molar-refractivity contribution < 1.29 is 4.74 Å². The number of hydrogen-bond acceptors (Lipinski definition) is 4. The first-order chi connectivity index (χ1) is 9.72. The molecule has 2 aromatic rings. The van der Waals surface area contributed by atoms with Gasteiger partial charge in [0.1, 0.15) is 5.75 Å². The van der Waals surface area contributed by atoms with Crippen molar-refractivity contribution in [1.29, 1.82) is 5.26 Å². The van der Waals surface area contributed by atoms with E-state index in [4.69, 9.17) is 15.7 Å². The molecule has 102 valence electrons. The number of nitrogens with zero attached hydrogens (tertiary/aromatic N) is 1. The lowest BCUT2D eigenvalue weighted by molar-refractivity contribution is 0.414. The Morgan fingerprint density at radius 2 is 1.95 bits per heavy atom. The van der Waals surface area contributed by atoms with Gasteiger partial charge in [0.25, 0.3) is 0 Å². The van der Waals surface area contributed by atoms with Crippen molar-refractivity contribution in [2.24, 2.45) is 0 Å². The molecule has 2 aromatic carbocycles. The van der Waals surface area contributed by atoms with E-state index in [-0.39, 0.29) is 0 Å². The van der Waals surface area contributed by atoms with E-state index in [0.717, 1.165) is 22.6 Å². The van der Waals surface area contributed by atoms with Gasteiger partial charge in [0.05, 0.1) is 19.6 Å². The Morgan fingerprint density at radius 3 is 2.60 bits per heavy atom. The smallest absolute Gasteiger partial charge is 0.118 e. The van der Waals surface area contributed by atoms with E-state index in [1.807, 2.05) is 42.5 Å². The zero-order valence-corrected chi connectivity index (χ0v) is 11.4. The van der Waals surface area contributed by atoms with Crippen molar-refractivity contribution >= 4 is 11.4 Å². The molecule has 0 aliphatic heterocycles. The highest BCUT2D eigenvalue weighted by atomic mass is 16.5. The Kier molecular flexibility index (Phi) is 4.46. The zero-order valence-electron chi connectivity index (χ0n) is 11.4. The van der Waals surface area contributed by atoms with E-state index in [1.54, 1.807) is 7.11 Å². The number of nitrogen functional groups attached to an aromatic ring is 1. The first-order valence-electron chi connectivity index (χ1n) is 6.35. The van der Waals surface area contributed by atoms with Crippen molar-refractivity contribution in [3.8, 4) is 11.8 Å². The number of methoxy groups -OCH3 is 1. The average molecular weight is 267 g/mol. The summed E-state index contributed by atoms with van der Waals surface area (Å²) in [5.74, 6) is 0.845. The molecule has 0 bridgehead atoms. The van der Waals surface area contributed by atoms with Crippen LogP contribution in [0, 0.1) is 11.3 Å². The van der Waals surface area contributed by atoms with Gasteiger partial charge in [-0.05, 0) is 41.5 Å². The van der Waals surface area contributed by atoms with Crippen LogP contribution in [0.5, 0.6) is 5.75 Å². The number of nitrogens with two attached hydrogens (primary N) is 1. The summed E-state index contributed by atoms with van der Waals surface area (Å²) in [7, 11) is 1.65. The number of nitrogens with one attached hydrogen (secondary N) is 1. The van der Waals surface area contributed by atoms with Gasteiger partial charge in [-0.1, -0.05) is 12.1 Å². The van der Waals surface area contributed by atoms with E-state index >= 15 is 0 Å². The van der Waals surface area contributed by atoms with Crippen molar-refractivity contribution in [3.63, 3.8) is 0 Å². The number of ether oxygens (including phenoxy) is 1. The van der Waals surface area contributed by atoms with Gasteiger partial charge in [0, 0.05) is 17.9 Å². The Bertz CT molecular complexity index is 615. The molecule has 4 nitrogen and oxygen atoms in total. The van der Waals surface area contributed by atoms with E-state index in [9.17, 15) is 0 Å². The van der Waals surface area contributed by atoms with Crippen LogP contribution in [0.1, 0.15) is 11.1 Å². The van der Waals surface area contributed by atoms with Crippen LogP contribution >= 0.6 is 0 Å². The molecule has 0 unspecified atom stereocenters. The highest BCUT2D eigenvalue weighted by molar-refractivity contribution is 5.58. The van der Waals surface area contributed by atoms with Crippen molar-refractivity contribution in [1.82, 2.24) is 0 Å². The van der Waals surface area contributed by atoms with Crippen LogP contribution in [-0.4, -0.2) is 7.11 Å². The summed E-state index contributed by atoms with van der Waals surface area (Å²) in [6, 6.07) is 15.7. The van der Waals surface area contributed by atoms with Gasteiger partial charge >= 0.3 is 0 Å². The summed E-state index contributed by atoms with van der Waals surface area (Å²) in [4.78, 5) is 0. The standard InChI is InChI=1S/C16H17N3O/c1-20-15-5-2-12(3-6-15)11-19-14-4-7-16(18)13(10-14)8-9-17/h2-7,10,19H,8,11,18H2,1H3. The highest BCUT2D eigenvalue weighted by Gasteiger charge is 2.01. The van der Waals surface area contributed by atoms with Gasteiger partial charge < -0.3 is 15.8 Å². The van der Waals surface area contributed by atoms with E-state index < -0.39 is 0 Å². The van der Waals surface area contributed by atoms with Crippen molar-refractivity contribution in [3.05, 3.63) is 53.6 Å². The molecule has 0 radical (unpaired) electrons. The third-order valence-electron chi connectivity index (χ3n) is 3.07. The molecule has 0 amide bonds. The van der Waals surface area contributed by atoms with Crippen LogP contribution in [0.3, 0.4) is 0 Å². The Hall–Kier alpha value is -2.67. The molecule has 0 saturated carbocycles. The fraction of sp³-hybridized carbons (Fsp3) is 0.188. The summed E-state index contributed by atoms with van der Waals surface area (Å²) < 4.78 is 5.12. The predicted octanol–water partition coefficient (Wildman–Crippen LogP) is 2.96. The number of benzene rings is 2. The number of rotatable bonds is 5. The summed E-state index contributed by atoms with van der Waals surface area (Å²) >= 11 is 0. The molecule has 0 fully saturated rings. The molecule has 4 heteroatoms. The lowest BCUT2D eigenvalue weighted by Gasteiger charge is -2.10. The molecular weight excluding hydrogens is 250 g/mol. The molecule has 20 heavy (non-hydrogen) atoms. The maximum absolute atomic E-state index is 8.75. The number of hydrogen-bond donors (Lipinski definition) is 2. The van der Waals surface area contributed by atoms with Crippen LogP contribution in [0.15, 0.2) is 42.5 Å². The number of anilines is 2. The SMILES string of the molecule is COc1ccc(CNc2ccc(N)c(CC#N)c2)cc1. The lowest BCUT2D eigenvalue weighted by atomic mass is 10.1. The Balaban J connectivity index is 2.03. The second kappa shape index (κ2) is 6.48. The first kappa shape index (κ1) is 13.8. The van der Waals surface area contributed by atoms with E-state index in [2.05, 4.69) is 11.4 Å². The largest absolute Gasteiger partial charge is 0.497 e. The minimum absolute atomic E-state index is 0.323. The second-order valence-electron chi connectivity index (χ2n) is 4.45. The molecule has 2 rings (SSSR count). The molecule has 0 spiro atoms. The van der Waals surface area contributed by atoms with Gasteiger partial charge in [-0.3, -0.25) is 0 Å². The molecule has 3 N–H and O–H groups in total. The molecule has 0 atom stereocenters. The molecule has 0 heterocycles. The number of nitriles is 1. The average Bonchev–Trinajstić information content (AvgIpc) is 2.49. The van der Waals surface area contributed by atoms with Crippen LogP contribution in [0.2, 0.25) is 0 Å². The topological polar surface area (TPSA) is 71.1 Å². The monoisotopic (exact) mass is 267 g/mol. The third-order valence-corrected chi connectivity index (χ3v) is 3.07. The summed E-state index contributed by atoms with van der Waals surface area (Å²) in [5.41, 5.74) is 9.45. The summed E-state index contributed by atoms with van der Waals surface area (Å²) in [5, 5.41) is 12.1. The fourth-order valence-electron chi connectivity index (χ4n) is 1.90. The molecule has 0 aliphatic carbocycles. The fourth-order valence-corrected chi connectivity index (χ4v) is 1.90. The molecule has 0 aromatic heterocycles. The van der Waals surface area contributed by atoms with Gasteiger partial charge in [0.2, 0.25) is 0 Å². The van der Waals surface area contributed by atoms with Gasteiger partial charge in [-0.2, -0.15) is 5.26 Å². The third kappa shape index (κ3) is 3.42. The quantitative estimate of drug-likeness (QED) is 0.817. The van der Waals surface area contributed by atoms with Crippen LogP contribution in [0.4, 0.5) is 11.4 Å². The van der Waals surface area contributed by atoms with Crippen molar-refractivity contribution in [2.75, 3.05) is 18.2 Å². The van der Waals surface area contributed by atoms with Gasteiger partial charge in [-0.25, -0.2) is 0 Å². The van der Waals surface area contributed by atoms with Crippen molar-refractivity contribution in [2.45, 2.75) is 13.0 Å². The highest BCUT2D eigenvalue weighted by Crippen LogP contribution is 2.19. The second-order valence-corrected chi connectivity index (χ2v) is 4.45. The van der Waals surface area contributed by atoms with Crippen LogP contribution in [0.25, 0.3) is 0 Å². The summed E-state index contributed by atoms with van der Waals surface area (Å²) in [6.07, 6.45) is 0.323. The van der Waals surface area contributed by atoms with Gasteiger partial charge in [-0.15, -0.1) is 0 Å². The Labute approximate surface area is 118 Å². The lowest BCUT2D eigenvalue weighted by Crippen LogP contribution is -2.01. The zero-order chi connectivity index (χ0) is 14.4. The maximum Gasteiger partial charge on any atom is 0.118 e. The molecular formula is C16H17N3O. The predicted molar refractivity (Wildman–Crippen MR) is 80.5 cm³/mol. The van der Waals surface area contributed by atoms with E-state index in [1.165, 1.54) is 0 Å². The van der Waals surface area contributed by atoms with Crippen LogP contribution < -0.4 is 15.8 Å². The van der Waals surface area contributed by atoms with Gasteiger partial charge in [0.15, 0.2) is 0 Å². The van der Waals surface area contributed by atoms with Crippen LogP contribution in [-0.2, 0) is 13.0 Å². The minimum Gasteiger partial charge on any atom is -0.497 e. The normalized spacial score (nSPS) is 9.80. The van der Waals surface area contributed by atoms with E-state index in [0.29, 0.717) is 18.7 Å². The molecule has 0 aliphatic rings.